The van der Waals surface area contributed by atoms with Crippen molar-refractivity contribution in [2.24, 2.45) is 0 Å². The lowest BCUT2D eigenvalue weighted by Gasteiger charge is -2.10. The van der Waals surface area contributed by atoms with Crippen molar-refractivity contribution in [3.63, 3.8) is 0 Å². The number of carbonyl (C=O) groups is 1. The van der Waals surface area contributed by atoms with Gasteiger partial charge in [-0.25, -0.2) is 4.98 Å². The quantitative estimate of drug-likeness (QED) is 0.664. The zero-order chi connectivity index (χ0) is 17.8. The third kappa shape index (κ3) is 4.25. The number of amides is 1. The van der Waals surface area contributed by atoms with Crippen LogP contribution in [0.15, 0.2) is 53.0 Å². The summed E-state index contributed by atoms with van der Waals surface area (Å²) >= 11 is 1.61. The molecule has 2 heterocycles. The largest absolute Gasteiger partial charge is 0.462 e. The molecule has 0 bridgehead atoms. The predicted octanol–water partition coefficient (Wildman–Crippen LogP) is 4.91. The molecule has 0 fully saturated rings. The minimum Gasteiger partial charge on any atom is -0.462 e. The summed E-state index contributed by atoms with van der Waals surface area (Å²) in [6.07, 6.45) is 3.16. The second-order valence-electron chi connectivity index (χ2n) is 5.85. The second-order valence-corrected chi connectivity index (χ2v) is 6.88. The van der Waals surface area contributed by atoms with E-state index in [1.165, 1.54) is 6.08 Å². The van der Waals surface area contributed by atoms with Crippen molar-refractivity contribution in [1.29, 1.82) is 0 Å². The molecule has 0 aliphatic carbocycles. The monoisotopic (exact) mass is 352 g/mol. The number of hydrogen-bond donors (Lipinski definition) is 1. The maximum Gasteiger partial charge on any atom is 0.244 e. The van der Waals surface area contributed by atoms with Crippen molar-refractivity contribution >= 4 is 23.3 Å². The second kappa shape index (κ2) is 7.49. The van der Waals surface area contributed by atoms with Crippen LogP contribution in [0.3, 0.4) is 0 Å². The maximum absolute atomic E-state index is 12.1. The van der Waals surface area contributed by atoms with Crippen LogP contribution in [0.1, 0.15) is 35.1 Å². The standard InChI is InChI=1S/C20H20N2O2S/c1-13-9-10-17(24-13)11-12-18(23)21-14(2)19-15(3)22-20(25-19)16-7-5-4-6-8-16/h4-12,14H,1-3H3,(H,21,23). The van der Waals surface area contributed by atoms with Crippen LogP contribution in [-0.2, 0) is 4.79 Å². The average molecular weight is 352 g/mol. The SMILES string of the molecule is Cc1ccc(C=CC(=O)NC(C)c2sc(-c3ccccc3)nc2C)o1. The van der Waals surface area contributed by atoms with Gasteiger partial charge in [-0.05, 0) is 39.0 Å². The summed E-state index contributed by atoms with van der Waals surface area (Å²) in [4.78, 5) is 17.8. The van der Waals surface area contributed by atoms with Gasteiger partial charge in [-0.15, -0.1) is 11.3 Å². The molecule has 128 valence electrons. The van der Waals surface area contributed by atoms with E-state index < -0.39 is 0 Å². The van der Waals surface area contributed by atoms with Crippen LogP contribution in [-0.4, -0.2) is 10.9 Å². The first-order valence-corrected chi connectivity index (χ1v) is 8.92. The lowest BCUT2D eigenvalue weighted by atomic mass is 10.2. The van der Waals surface area contributed by atoms with Crippen molar-refractivity contribution in [3.8, 4) is 10.6 Å². The fraction of sp³-hybridized carbons (Fsp3) is 0.200. The van der Waals surface area contributed by atoms with E-state index >= 15 is 0 Å². The van der Waals surface area contributed by atoms with Crippen molar-refractivity contribution < 1.29 is 9.21 Å². The van der Waals surface area contributed by atoms with E-state index in [2.05, 4.69) is 10.3 Å². The van der Waals surface area contributed by atoms with E-state index in [9.17, 15) is 4.79 Å². The third-order valence-corrected chi connectivity index (χ3v) is 5.15. The van der Waals surface area contributed by atoms with Gasteiger partial charge in [-0.2, -0.15) is 0 Å². The van der Waals surface area contributed by atoms with E-state index in [-0.39, 0.29) is 11.9 Å². The Morgan fingerprint density at radius 1 is 1.20 bits per heavy atom. The first-order chi connectivity index (χ1) is 12.0. The van der Waals surface area contributed by atoms with Gasteiger partial charge in [0.25, 0.3) is 0 Å². The molecule has 0 spiro atoms. The zero-order valence-corrected chi connectivity index (χ0v) is 15.3. The van der Waals surface area contributed by atoms with Gasteiger partial charge in [0.2, 0.25) is 5.91 Å². The molecule has 1 atom stereocenters. The van der Waals surface area contributed by atoms with Gasteiger partial charge in [-0.1, -0.05) is 30.3 Å². The lowest BCUT2D eigenvalue weighted by molar-refractivity contribution is -0.117. The summed E-state index contributed by atoms with van der Waals surface area (Å²) in [5.41, 5.74) is 2.04. The molecule has 0 radical (unpaired) electrons. The molecular weight excluding hydrogens is 332 g/mol. The summed E-state index contributed by atoms with van der Waals surface area (Å²) in [7, 11) is 0. The van der Waals surface area contributed by atoms with Crippen LogP contribution < -0.4 is 5.32 Å². The number of nitrogens with zero attached hydrogens (tertiary/aromatic N) is 1. The van der Waals surface area contributed by atoms with Gasteiger partial charge in [0.05, 0.1) is 16.6 Å². The number of rotatable bonds is 5. The van der Waals surface area contributed by atoms with Crippen LogP contribution in [0.25, 0.3) is 16.6 Å². The van der Waals surface area contributed by atoms with Crippen molar-refractivity contribution in [2.45, 2.75) is 26.8 Å². The molecule has 4 nitrogen and oxygen atoms in total. The summed E-state index contributed by atoms with van der Waals surface area (Å²) in [6.45, 7) is 5.82. The molecule has 0 aliphatic rings. The number of hydrogen-bond acceptors (Lipinski definition) is 4. The van der Waals surface area contributed by atoms with Crippen LogP contribution in [0.4, 0.5) is 0 Å². The molecule has 5 heteroatoms. The maximum atomic E-state index is 12.1. The highest BCUT2D eigenvalue weighted by Gasteiger charge is 2.16. The average Bonchev–Trinajstić information content (AvgIpc) is 3.19. The molecule has 0 saturated heterocycles. The Bertz CT molecular complexity index is 894. The van der Waals surface area contributed by atoms with Gasteiger partial charge in [0.15, 0.2) is 0 Å². The molecule has 25 heavy (non-hydrogen) atoms. The molecule has 1 amide bonds. The summed E-state index contributed by atoms with van der Waals surface area (Å²) in [5.74, 6) is 1.33. The van der Waals surface area contributed by atoms with E-state index in [1.807, 2.05) is 63.2 Å². The van der Waals surface area contributed by atoms with Crippen molar-refractivity contribution in [2.75, 3.05) is 0 Å². The van der Waals surface area contributed by atoms with E-state index in [0.29, 0.717) is 5.76 Å². The number of furan rings is 1. The highest BCUT2D eigenvalue weighted by atomic mass is 32.1. The Labute approximate surface area is 151 Å². The predicted molar refractivity (Wildman–Crippen MR) is 101 cm³/mol. The topological polar surface area (TPSA) is 55.1 Å². The molecule has 1 N–H and O–H groups in total. The Hall–Kier alpha value is -2.66. The summed E-state index contributed by atoms with van der Waals surface area (Å²) in [5, 5.41) is 3.95. The minimum atomic E-state index is -0.157. The molecule has 2 aromatic heterocycles. The van der Waals surface area contributed by atoms with Crippen LogP contribution in [0.2, 0.25) is 0 Å². The van der Waals surface area contributed by atoms with Crippen LogP contribution in [0.5, 0.6) is 0 Å². The van der Waals surface area contributed by atoms with Crippen LogP contribution >= 0.6 is 11.3 Å². The molecule has 0 aliphatic heterocycles. The Morgan fingerprint density at radius 3 is 2.64 bits per heavy atom. The fourth-order valence-corrected chi connectivity index (χ4v) is 3.62. The molecule has 3 aromatic rings. The number of thiazole rings is 1. The zero-order valence-electron chi connectivity index (χ0n) is 14.4. The van der Waals surface area contributed by atoms with Crippen LogP contribution in [0, 0.1) is 13.8 Å². The molecule has 1 aromatic carbocycles. The number of nitrogens with one attached hydrogen (secondary N) is 1. The molecular formula is C20H20N2O2S. The van der Waals surface area contributed by atoms with Gasteiger partial charge in [0, 0.05) is 11.6 Å². The number of aromatic nitrogens is 1. The lowest BCUT2D eigenvalue weighted by Crippen LogP contribution is -2.24. The number of aryl methyl sites for hydroxylation is 2. The molecule has 1 unspecified atom stereocenters. The Kier molecular flexibility index (Phi) is 5.14. The smallest absolute Gasteiger partial charge is 0.244 e. The molecule has 0 saturated carbocycles. The first-order valence-electron chi connectivity index (χ1n) is 8.10. The van der Waals surface area contributed by atoms with Crippen molar-refractivity contribution in [1.82, 2.24) is 10.3 Å². The highest BCUT2D eigenvalue weighted by molar-refractivity contribution is 7.15. The van der Waals surface area contributed by atoms with Gasteiger partial charge >= 0.3 is 0 Å². The minimum absolute atomic E-state index is 0.106. The van der Waals surface area contributed by atoms with Gasteiger partial charge in [-0.3, -0.25) is 4.79 Å². The number of benzene rings is 1. The van der Waals surface area contributed by atoms with E-state index in [4.69, 9.17) is 4.42 Å². The number of carbonyl (C=O) groups excluding carboxylic acids is 1. The normalized spacial score (nSPS) is 12.4. The van der Waals surface area contributed by atoms with E-state index in [1.54, 1.807) is 17.4 Å². The fourth-order valence-electron chi connectivity index (χ4n) is 2.54. The molecule has 3 rings (SSSR count). The van der Waals surface area contributed by atoms with Crippen molar-refractivity contribution in [3.05, 3.63) is 70.6 Å². The Balaban J connectivity index is 1.69. The summed E-state index contributed by atoms with van der Waals surface area (Å²) < 4.78 is 5.42. The summed E-state index contributed by atoms with van der Waals surface area (Å²) in [6, 6.07) is 13.7. The van der Waals surface area contributed by atoms with Gasteiger partial charge < -0.3 is 9.73 Å². The Morgan fingerprint density at radius 2 is 1.96 bits per heavy atom. The van der Waals surface area contributed by atoms with Gasteiger partial charge in [0.1, 0.15) is 16.5 Å². The first kappa shape index (κ1) is 17.2. The third-order valence-electron chi connectivity index (χ3n) is 3.77. The van der Waals surface area contributed by atoms with E-state index in [0.717, 1.165) is 26.9 Å². The highest BCUT2D eigenvalue weighted by Crippen LogP contribution is 2.31.